The first kappa shape index (κ1) is 44.4. The molecule has 0 spiro atoms. The number of hydrogen-bond donors (Lipinski definition) is 2. The standard InChI is InChI=1S/C22H19ClFN5O2S.C18H19ClFN5O2S.ClH/c1-13-2-4-16(5-3-13)32(30,31)29-12-18(17-7-15(23)10-27-22(17)29)21-26-11-19(24)20(28-21)6-14-8-25-9-14;1-2-3-28(26,27)25-9-11(10-25)4-16-15(20)8-23-18(24-16)14-7-22-17-13(14)5-12(19)6-21-17;/h2-5,7,10-12,14,25H,6,8-9H2,1H3;5-8,11H,2-4,9-10H2,1H3,(H,21,22);1H. The van der Waals surface area contributed by atoms with Crippen LogP contribution in [0.5, 0.6) is 0 Å². The molecule has 0 radical (unpaired) electrons. The summed E-state index contributed by atoms with van der Waals surface area (Å²) in [6.07, 6.45) is 9.76. The highest BCUT2D eigenvalue weighted by Crippen LogP contribution is 2.33. The Bertz CT molecular complexity index is 2960. The number of aromatic nitrogens is 8. The maximum absolute atomic E-state index is 14.4. The lowest BCUT2D eigenvalue weighted by Gasteiger charge is -2.38. The average molecular weight is 932 g/mol. The Morgan fingerprint density at radius 1 is 0.787 bits per heavy atom. The maximum Gasteiger partial charge on any atom is 0.269 e. The van der Waals surface area contributed by atoms with E-state index in [1.807, 2.05) is 13.8 Å². The molecule has 0 unspecified atom stereocenters. The first-order valence-electron chi connectivity index (χ1n) is 19.0. The molecule has 2 N–H and O–H groups in total. The topological polar surface area (TPSA) is 182 Å². The molecule has 2 saturated heterocycles. The van der Waals surface area contributed by atoms with E-state index in [9.17, 15) is 25.6 Å². The highest BCUT2D eigenvalue weighted by Gasteiger charge is 2.36. The van der Waals surface area contributed by atoms with Crippen molar-refractivity contribution in [2.24, 2.45) is 11.8 Å². The van der Waals surface area contributed by atoms with Crippen LogP contribution < -0.4 is 5.32 Å². The van der Waals surface area contributed by atoms with Crippen LogP contribution in [-0.2, 0) is 32.9 Å². The van der Waals surface area contributed by atoms with Gasteiger partial charge in [-0.25, -0.2) is 63.8 Å². The van der Waals surface area contributed by atoms with Crippen LogP contribution in [0.1, 0.15) is 30.3 Å². The van der Waals surface area contributed by atoms with E-state index in [0.29, 0.717) is 82.0 Å². The van der Waals surface area contributed by atoms with Crippen molar-refractivity contribution in [1.29, 1.82) is 0 Å². The van der Waals surface area contributed by atoms with Gasteiger partial charge in [-0.3, -0.25) is 0 Å². The molecule has 61 heavy (non-hydrogen) atoms. The Labute approximate surface area is 366 Å². The summed E-state index contributed by atoms with van der Waals surface area (Å²) in [4.78, 5) is 28.7. The number of H-pyrrole nitrogens is 1. The van der Waals surface area contributed by atoms with Gasteiger partial charge in [0.15, 0.2) is 28.9 Å². The molecule has 14 nitrogen and oxygen atoms in total. The van der Waals surface area contributed by atoms with Crippen molar-refractivity contribution >= 4 is 77.7 Å². The Morgan fingerprint density at radius 3 is 1.98 bits per heavy atom. The summed E-state index contributed by atoms with van der Waals surface area (Å²) < 4.78 is 82.0. The number of aromatic amines is 1. The zero-order valence-electron chi connectivity index (χ0n) is 32.7. The molecule has 8 heterocycles. The van der Waals surface area contributed by atoms with E-state index in [1.54, 1.807) is 42.6 Å². The zero-order valence-corrected chi connectivity index (χ0v) is 36.6. The highest BCUT2D eigenvalue weighted by molar-refractivity contribution is 7.90. The maximum atomic E-state index is 14.4. The van der Waals surface area contributed by atoms with Gasteiger partial charge in [-0.1, -0.05) is 47.8 Å². The fourth-order valence-electron chi connectivity index (χ4n) is 7.06. The molecule has 7 aromatic rings. The molecular weight excluding hydrogens is 893 g/mol. The van der Waals surface area contributed by atoms with Crippen LogP contribution in [-0.4, -0.2) is 91.9 Å². The smallest absolute Gasteiger partial charge is 0.269 e. The summed E-state index contributed by atoms with van der Waals surface area (Å²) in [7, 11) is -7.14. The van der Waals surface area contributed by atoms with Crippen molar-refractivity contribution in [2.75, 3.05) is 31.9 Å². The van der Waals surface area contributed by atoms with Gasteiger partial charge >= 0.3 is 0 Å². The van der Waals surface area contributed by atoms with Crippen LogP contribution >= 0.6 is 35.6 Å². The fourth-order valence-corrected chi connectivity index (χ4v) is 10.3. The average Bonchev–Trinajstić information content (AvgIpc) is 3.78. The summed E-state index contributed by atoms with van der Waals surface area (Å²) in [5, 5.41) is 5.21. The minimum atomic E-state index is -3.94. The third kappa shape index (κ3) is 9.26. The molecular formula is C40H39Cl3F2N10O4S2. The van der Waals surface area contributed by atoms with Crippen LogP contribution in [0.4, 0.5) is 8.78 Å². The van der Waals surface area contributed by atoms with Crippen LogP contribution in [0.3, 0.4) is 0 Å². The minimum Gasteiger partial charge on any atom is -0.345 e. The Kier molecular flexibility index (Phi) is 13.1. The molecule has 0 bridgehead atoms. The predicted molar refractivity (Wildman–Crippen MR) is 232 cm³/mol. The van der Waals surface area contributed by atoms with Gasteiger partial charge in [0.2, 0.25) is 10.0 Å². The van der Waals surface area contributed by atoms with Crippen LogP contribution in [0.15, 0.2) is 78.5 Å². The summed E-state index contributed by atoms with van der Waals surface area (Å²) in [6.45, 7) is 6.13. The van der Waals surface area contributed by atoms with Gasteiger partial charge in [0.05, 0.1) is 44.5 Å². The van der Waals surface area contributed by atoms with E-state index in [1.165, 1.54) is 22.9 Å². The molecule has 2 aliphatic rings. The molecule has 320 valence electrons. The van der Waals surface area contributed by atoms with Crippen molar-refractivity contribution in [2.45, 2.75) is 38.0 Å². The van der Waals surface area contributed by atoms with Gasteiger partial charge in [-0.15, -0.1) is 12.4 Å². The summed E-state index contributed by atoms with van der Waals surface area (Å²) in [5.74, 6) is 0.127. The molecule has 1 aromatic carbocycles. The second-order valence-electron chi connectivity index (χ2n) is 14.8. The Morgan fingerprint density at radius 2 is 1.38 bits per heavy atom. The van der Waals surface area contributed by atoms with Crippen molar-refractivity contribution < 1.29 is 25.6 Å². The predicted octanol–water partition coefficient (Wildman–Crippen LogP) is 7.04. The van der Waals surface area contributed by atoms with E-state index < -0.39 is 31.7 Å². The first-order chi connectivity index (χ1) is 28.7. The number of pyridine rings is 2. The second-order valence-corrected chi connectivity index (χ2v) is 19.6. The largest absolute Gasteiger partial charge is 0.345 e. The van der Waals surface area contributed by atoms with E-state index >= 15 is 0 Å². The molecule has 0 aliphatic carbocycles. The second kappa shape index (κ2) is 18.0. The van der Waals surface area contributed by atoms with Crippen molar-refractivity contribution in [1.82, 2.24) is 48.5 Å². The van der Waals surface area contributed by atoms with Crippen LogP contribution in [0.25, 0.3) is 44.8 Å². The number of nitrogens with zero attached hydrogens (tertiary/aromatic N) is 8. The lowest BCUT2D eigenvalue weighted by Crippen LogP contribution is -2.51. The third-order valence-corrected chi connectivity index (χ3v) is 14.5. The van der Waals surface area contributed by atoms with E-state index in [0.717, 1.165) is 40.4 Å². The van der Waals surface area contributed by atoms with Gasteiger partial charge in [0.25, 0.3) is 10.0 Å². The molecule has 9 rings (SSSR count). The van der Waals surface area contributed by atoms with E-state index in [-0.39, 0.29) is 46.1 Å². The monoisotopic (exact) mass is 930 g/mol. The SMILES string of the molecule is CCCS(=O)(=O)N1CC(Cc2nc(-c3c[nH]c4ncc(Cl)cc34)ncc2F)C1.Cc1ccc(S(=O)(=O)n2cc(-c3ncc(F)c(CC4CNC4)n3)c3cc(Cl)cnc32)cc1.Cl. The number of benzene rings is 1. The number of hydrogen-bond acceptors (Lipinski definition) is 11. The van der Waals surface area contributed by atoms with Crippen molar-refractivity contribution in [3.05, 3.63) is 112 Å². The van der Waals surface area contributed by atoms with Gasteiger partial charge < -0.3 is 10.3 Å². The summed E-state index contributed by atoms with van der Waals surface area (Å²) in [5.41, 5.74) is 3.48. The molecule has 0 saturated carbocycles. The number of halogens is 5. The first-order valence-corrected chi connectivity index (χ1v) is 22.8. The fraction of sp³-hybridized carbons (Fsp3) is 0.300. The number of aryl methyl sites for hydroxylation is 1. The molecule has 6 aromatic heterocycles. The number of fused-ring (bicyclic) bond motifs is 2. The zero-order chi connectivity index (χ0) is 42.3. The van der Waals surface area contributed by atoms with Gasteiger partial charge in [0, 0.05) is 59.8 Å². The number of nitrogens with one attached hydrogen (secondary N) is 2. The number of sulfonamides is 1. The number of rotatable bonds is 11. The Hall–Kier alpha value is -4.69. The quantitative estimate of drug-likeness (QED) is 0.136. The van der Waals surface area contributed by atoms with Gasteiger partial charge in [0.1, 0.15) is 5.65 Å². The van der Waals surface area contributed by atoms with Crippen LogP contribution in [0, 0.1) is 30.4 Å². The third-order valence-electron chi connectivity index (χ3n) is 10.4. The minimum absolute atomic E-state index is 0. The van der Waals surface area contributed by atoms with Gasteiger partial charge in [-0.05, 0) is 75.4 Å². The highest BCUT2D eigenvalue weighted by atomic mass is 35.5. The Balaban J connectivity index is 0.000000183. The van der Waals surface area contributed by atoms with Gasteiger partial charge in [-0.2, -0.15) is 0 Å². The van der Waals surface area contributed by atoms with E-state index in [2.05, 4.69) is 40.2 Å². The van der Waals surface area contributed by atoms with Crippen molar-refractivity contribution in [3.63, 3.8) is 0 Å². The van der Waals surface area contributed by atoms with E-state index in [4.69, 9.17) is 23.2 Å². The molecule has 2 aliphatic heterocycles. The molecule has 2 fully saturated rings. The lowest BCUT2D eigenvalue weighted by molar-refractivity contribution is 0.197. The molecule has 0 amide bonds. The lowest BCUT2D eigenvalue weighted by atomic mass is 9.97. The summed E-state index contributed by atoms with van der Waals surface area (Å²) >= 11 is 12.2. The summed E-state index contributed by atoms with van der Waals surface area (Å²) in [6, 6.07) is 9.92. The normalized spacial score (nSPS) is 14.9. The molecule has 21 heteroatoms. The molecule has 0 atom stereocenters. The van der Waals surface area contributed by atoms with Crippen LogP contribution in [0.2, 0.25) is 10.0 Å². The van der Waals surface area contributed by atoms with Crippen molar-refractivity contribution in [3.8, 4) is 22.8 Å².